The van der Waals surface area contributed by atoms with Gasteiger partial charge in [-0.15, -0.1) is 0 Å². The van der Waals surface area contributed by atoms with Crippen LogP contribution < -0.4 is 10.1 Å². The lowest BCUT2D eigenvalue weighted by Crippen LogP contribution is -2.20. The minimum Gasteiger partial charge on any atom is -0.483 e. The van der Waals surface area contributed by atoms with Gasteiger partial charge in [0.25, 0.3) is 5.91 Å². The standard InChI is InChI=1S/C20H20N2O4S/c1-4-25-19(24)14-8-9-15-17(10-14)27-20(21-15)22-18(23)11-26-16-7-5-6-12(2)13(16)3/h5-10H,4,11H2,1-3H3,(H,21,22,23). The van der Waals surface area contributed by atoms with E-state index in [1.807, 2.05) is 32.0 Å². The summed E-state index contributed by atoms with van der Waals surface area (Å²) in [5, 5.41) is 3.20. The number of amides is 1. The molecule has 1 heterocycles. The van der Waals surface area contributed by atoms with Gasteiger partial charge in [-0.05, 0) is 56.2 Å². The number of nitrogens with one attached hydrogen (secondary N) is 1. The Kier molecular flexibility index (Phi) is 5.71. The zero-order chi connectivity index (χ0) is 19.4. The summed E-state index contributed by atoms with van der Waals surface area (Å²) >= 11 is 1.30. The van der Waals surface area contributed by atoms with Crippen molar-refractivity contribution >= 4 is 38.6 Å². The molecule has 0 fully saturated rings. The summed E-state index contributed by atoms with van der Waals surface area (Å²) in [6, 6.07) is 10.8. The van der Waals surface area contributed by atoms with Gasteiger partial charge in [-0.2, -0.15) is 0 Å². The second-order valence-corrected chi connectivity index (χ2v) is 6.99. The highest BCUT2D eigenvalue weighted by atomic mass is 32.1. The Labute approximate surface area is 161 Å². The molecule has 140 valence electrons. The summed E-state index contributed by atoms with van der Waals surface area (Å²) in [5.41, 5.74) is 3.29. The molecule has 0 bridgehead atoms. The molecular formula is C20H20N2O4S. The number of carbonyl (C=O) groups is 2. The number of aryl methyl sites for hydroxylation is 1. The van der Waals surface area contributed by atoms with Gasteiger partial charge in [0.05, 0.1) is 22.4 Å². The van der Waals surface area contributed by atoms with Crippen molar-refractivity contribution in [1.82, 2.24) is 4.98 Å². The number of carbonyl (C=O) groups excluding carboxylic acids is 2. The molecule has 27 heavy (non-hydrogen) atoms. The Hall–Kier alpha value is -2.93. The zero-order valence-corrected chi connectivity index (χ0v) is 16.2. The number of fused-ring (bicyclic) bond motifs is 1. The molecule has 6 nitrogen and oxygen atoms in total. The zero-order valence-electron chi connectivity index (χ0n) is 15.4. The molecule has 0 aliphatic rings. The Morgan fingerprint density at radius 3 is 2.78 bits per heavy atom. The third kappa shape index (κ3) is 4.43. The highest BCUT2D eigenvalue weighted by Gasteiger charge is 2.12. The van der Waals surface area contributed by atoms with Crippen LogP contribution >= 0.6 is 11.3 Å². The Balaban J connectivity index is 1.66. The third-order valence-corrected chi connectivity index (χ3v) is 4.99. The van der Waals surface area contributed by atoms with Crippen molar-refractivity contribution in [3.63, 3.8) is 0 Å². The van der Waals surface area contributed by atoms with E-state index in [4.69, 9.17) is 9.47 Å². The number of ether oxygens (including phenoxy) is 2. The van der Waals surface area contributed by atoms with Gasteiger partial charge in [-0.1, -0.05) is 23.5 Å². The lowest BCUT2D eigenvalue weighted by molar-refractivity contribution is -0.118. The summed E-state index contributed by atoms with van der Waals surface area (Å²) < 4.78 is 11.4. The van der Waals surface area contributed by atoms with E-state index in [0.29, 0.717) is 28.6 Å². The molecule has 0 unspecified atom stereocenters. The maximum absolute atomic E-state index is 12.2. The van der Waals surface area contributed by atoms with E-state index in [0.717, 1.165) is 15.8 Å². The average Bonchev–Trinajstić information content (AvgIpc) is 3.04. The van der Waals surface area contributed by atoms with Crippen molar-refractivity contribution < 1.29 is 19.1 Å². The summed E-state index contributed by atoms with van der Waals surface area (Å²) in [6.45, 7) is 5.93. The molecule has 7 heteroatoms. The van der Waals surface area contributed by atoms with Crippen molar-refractivity contribution in [2.75, 3.05) is 18.5 Å². The molecule has 0 spiro atoms. The smallest absolute Gasteiger partial charge is 0.338 e. The van der Waals surface area contributed by atoms with Crippen LogP contribution in [0.5, 0.6) is 5.75 Å². The van der Waals surface area contributed by atoms with E-state index in [-0.39, 0.29) is 18.5 Å². The van der Waals surface area contributed by atoms with Crippen molar-refractivity contribution in [2.45, 2.75) is 20.8 Å². The number of thiazole rings is 1. The molecule has 2 aromatic carbocycles. The first-order valence-electron chi connectivity index (χ1n) is 8.54. The third-order valence-electron chi connectivity index (χ3n) is 4.06. The van der Waals surface area contributed by atoms with Crippen LogP contribution in [0, 0.1) is 13.8 Å². The van der Waals surface area contributed by atoms with Gasteiger partial charge >= 0.3 is 5.97 Å². The fourth-order valence-electron chi connectivity index (χ4n) is 2.50. The van der Waals surface area contributed by atoms with Crippen LogP contribution in [0.1, 0.15) is 28.4 Å². The van der Waals surface area contributed by atoms with E-state index in [1.165, 1.54) is 11.3 Å². The topological polar surface area (TPSA) is 77.5 Å². The largest absolute Gasteiger partial charge is 0.483 e. The van der Waals surface area contributed by atoms with E-state index in [9.17, 15) is 9.59 Å². The number of esters is 1. The number of nitrogens with zero attached hydrogens (tertiary/aromatic N) is 1. The average molecular weight is 384 g/mol. The van der Waals surface area contributed by atoms with Crippen molar-refractivity contribution in [3.05, 3.63) is 53.1 Å². The monoisotopic (exact) mass is 384 g/mol. The molecule has 1 aromatic heterocycles. The first kappa shape index (κ1) is 18.8. The van der Waals surface area contributed by atoms with Gasteiger partial charge in [-0.25, -0.2) is 9.78 Å². The molecule has 0 aliphatic heterocycles. The molecule has 1 N–H and O–H groups in total. The van der Waals surface area contributed by atoms with Crippen LogP contribution in [-0.4, -0.2) is 30.1 Å². The highest BCUT2D eigenvalue weighted by molar-refractivity contribution is 7.22. The van der Waals surface area contributed by atoms with Crippen LogP contribution in [0.25, 0.3) is 10.2 Å². The number of benzene rings is 2. The summed E-state index contributed by atoms with van der Waals surface area (Å²) in [6.07, 6.45) is 0. The van der Waals surface area contributed by atoms with Crippen molar-refractivity contribution in [2.24, 2.45) is 0 Å². The van der Waals surface area contributed by atoms with Gasteiger partial charge in [0, 0.05) is 0 Å². The van der Waals surface area contributed by atoms with Crippen LogP contribution in [0.4, 0.5) is 5.13 Å². The van der Waals surface area contributed by atoms with Gasteiger partial charge < -0.3 is 9.47 Å². The molecule has 3 aromatic rings. The Morgan fingerprint density at radius 2 is 2.00 bits per heavy atom. The van der Waals surface area contributed by atoms with E-state index in [1.54, 1.807) is 25.1 Å². The minimum absolute atomic E-state index is 0.103. The Morgan fingerprint density at radius 1 is 1.19 bits per heavy atom. The maximum Gasteiger partial charge on any atom is 0.338 e. The molecule has 0 radical (unpaired) electrons. The summed E-state index contributed by atoms with van der Waals surface area (Å²) in [7, 11) is 0. The molecule has 0 saturated heterocycles. The molecule has 0 aliphatic carbocycles. The molecular weight excluding hydrogens is 364 g/mol. The van der Waals surface area contributed by atoms with E-state index < -0.39 is 0 Å². The van der Waals surface area contributed by atoms with Crippen molar-refractivity contribution in [3.8, 4) is 5.75 Å². The number of hydrogen-bond donors (Lipinski definition) is 1. The highest BCUT2D eigenvalue weighted by Crippen LogP contribution is 2.27. The van der Waals surface area contributed by atoms with Crippen LogP contribution in [0.2, 0.25) is 0 Å². The first-order chi connectivity index (χ1) is 13.0. The predicted molar refractivity (Wildman–Crippen MR) is 106 cm³/mol. The molecule has 0 saturated carbocycles. The molecule has 1 amide bonds. The van der Waals surface area contributed by atoms with Gasteiger partial charge in [0.2, 0.25) is 0 Å². The van der Waals surface area contributed by atoms with Gasteiger partial charge in [-0.3, -0.25) is 10.1 Å². The fourth-order valence-corrected chi connectivity index (χ4v) is 3.42. The number of rotatable bonds is 6. The van der Waals surface area contributed by atoms with Gasteiger partial charge in [0.1, 0.15) is 5.75 Å². The molecule has 3 rings (SSSR count). The quantitative estimate of drug-likeness (QED) is 0.647. The number of hydrogen-bond acceptors (Lipinski definition) is 6. The summed E-state index contributed by atoms with van der Waals surface area (Å²) in [4.78, 5) is 28.4. The lowest BCUT2D eigenvalue weighted by atomic mass is 10.1. The van der Waals surface area contributed by atoms with Crippen LogP contribution in [0.3, 0.4) is 0 Å². The fraction of sp³-hybridized carbons (Fsp3) is 0.250. The second-order valence-electron chi connectivity index (χ2n) is 5.96. The van der Waals surface area contributed by atoms with E-state index >= 15 is 0 Å². The predicted octanol–water partition coefficient (Wildman–Crippen LogP) is 4.11. The maximum atomic E-state index is 12.2. The number of aromatic nitrogens is 1. The lowest BCUT2D eigenvalue weighted by Gasteiger charge is -2.10. The summed E-state index contributed by atoms with van der Waals surface area (Å²) in [5.74, 6) is 0.0226. The SMILES string of the molecule is CCOC(=O)c1ccc2nc(NC(=O)COc3cccc(C)c3C)sc2c1. The van der Waals surface area contributed by atoms with Crippen LogP contribution in [0.15, 0.2) is 36.4 Å². The second kappa shape index (κ2) is 8.18. The van der Waals surface area contributed by atoms with E-state index in [2.05, 4.69) is 10.3 Å². The van der Waals surface area contributed by atoms with Crippen LogP contribution in [-0.2, 0) is 9.53 Å². The number of anilines is 1. The van der Waals surface area contributed by atoms with Gasteiger partial charge in [0.15, 0.2) is 11.7 Å². The first-order valence-corrected chi connectivity index (χ1v) is 9.36. The molecule has 0 atom stereocenters. The normalized spacial score (nSPS) is 10.6. The Bertz CT molecular complexity index is 997. The minimum atomic E-state index is -0.375. The van der Waals surface area contributed by atoms with Crippen molar-refractivity contribution in [1.29, 1.82) is 0 Å².